The van der Waals surface area contributed by atoms with Gasteiger partial charge in [-0.3, -0.25) is 0 Å². The van der Waals surface area contributed by atoms with E-state index in [-0.39, 0.29) is 5.82 Å². The highest BCUT2D eigenvalue weighted by atomic mass is 19.1. The molecule has 0 radical (unpaired) electrons. The second-order valence-electron chi connectivity index (χ2n) is 4.20. The number of nitrogens with one attached hydrogen (secondary N) is 1. The molecular weight excluding hydrogens is 225 g/mol. The number of halogens is 1. The molecule has 0 saturated heterocycles. The molecule has 0 aliphatic rings. The van der Waals surface area contributed by atoms with E-state index in [0.717, 1.165) is 23.2 Å². The first kappa shape index (κ1) is 12.5. The average Bonchev–Trinajstić information content (AvgIpc) is 2.42. The molecule has 18 heavy (non-hydrogen) atoms. The van der Waals surface area contributed by atoms with Gasteiger partial charge in [0.25, 0.3) is 0 Å². The fraction of sp³-hybridized carbons (Fsp3) is 0.125. The molecule has 0 unspecified atom stereocenters. The van der Waals surface area contributed by atoms with E-state index >= 15 is 0 Å². The van der Waals surface area contributed by atoms with Gasteiger partial charge in [0.05, 0.1) is 0 Å². The SMILES string of the molecule is C=C(CNCc1ccc(F)cc1)c1ccccc1. The Morgan fingerprint density at radius 1 is 1.00 bits per heavy atom. The van der Waals surface area contributed by atoms with Crippen LogP contribution in [0.5, 0.6) is 0 Å². The van der Waals surface area contributed by atoms with Crippen LogP contribution in [-0.4, -0.2) is 6.54 Å². The molecule has 0 fully saturated rings. The average molecular weight is 241 g/mol. The molecule has 0 aromatic heterocycles. The van der Waals surface area contributed by atoms with Crippen molar-refractivity contribution in [2.45, 2.75) is 6.54 Å². The van der Waals surface area contributed by atoms with Gasteiger partial charge in [-0.05, 0) is 28.8 Å². The molecule has 1 N–H and O–H groups in total. The summed E-state index contributed by atoms with van der Waals surface area (Å²) in [6.07, 6.45) is 0. The third-order valence-corrected chi connectivity index (χ3v) is 2.76. The topological polar surface area (TPSA) is 12.0 Å². The number of rotatable bonds is 5. The van der Waals surface area contributed by atoms with Gasteiger partial charge in [0.2, 0.25) is 0 Å². The van der Waals surface area contributed by atoms with Crippen LogP contribution in [-0.2, 0) is 6.54 Å². The van der Waals surface area contributed by atoms with E-state index in [1.165, 1.54) is 12.1 Å². The quantitative estimate of drug-likeness (QED) is 0.843. The molecule has 2 aromatic rings. The first-order chi connectivity index (χ1) is 8.75. The standard InChI is InChI=1S/C16H16FN/c1-13(15-5-3-2-4-6-15)11-18-12-14-7-9-16(17)10-8-14/h2-10,18H,1,11-12H2. The first-order valence-electron chi connectivity index (χ1n) is 5.94. The van der Waals surface area contributed by atoms with Gasteiger partial charge in [0, 0.05) is 13.1 Å². The van der Waals surface area contributed by atoms with Crippen molar-refractivity contribution in [1.82, 2.24) is 5.32 Å². The molecule has 0 amide bonds. The normalized spacial score (nSPS) is 10.3. The predicted octanol–water partition coefficient (Wildman–Crippen LogP) is 3.63. The second-order valence-corrected chi connectivity index (χ2v) is 4.20. The Morgan fingerprint density at radius 3 is 2.33 bits per heavy atom. The van der Waals surface area contributed by atoms with Gasteiger partial charge in [0.1, 0.15) is 5.82 Å². The van der Waals surface area contributed by atoms with E-state index in [9.17, 15) is 4.39 Å². The fourth-order valence-electron chi connectivity index (χ4n) is 1.74. The maximum absolute atomic E-state index is 12.7. The van der Waals surface area contributed by atoms with Gasteiger partial charge in [0.15, 0.2) is 0 Å². The Morgan fingerprint density at radius 2 is 1.67 bits per heavy atom. The van der Waals surface area contributed by atoms with Crippen molar-refractivity contribution in [3.8, 4) is 0 Å². The number of hydrogen-bond acceptors (Lipinski definition) is 1. The van der Waals surface area contributed by atoms with Crippen molar-refractivity contribution >= 4 is 5.57 Å². The minimum absolute atomic E-state index is 0.201. The summed E-state index contributed by atoms with van der Waals surface area (Å²) in [5.41, 5.74) is 3.26. The van der Waals surface area contributed by atoms with Crippen LogP contribution in [0.2, 0.25) is 0 Å². The lowest BCUT2D eigenvalue weighted by Crippen LogP contribution is -2.15. The lowest BCUT2D eigenvalue weighted by molar-refractivity contribution is 0.626. The van der Waals surface area contributed by atoms with Gasteiger partial charge in [-0.25, -0.2) is 4.39 Å². The molecule has 0 aliphatic carbocycles. The van der Waals surface area contributed by atoms with Crippen LogP contribution in [0.4, 0.5) is 4.39 Å². The van der Waals surface area contributed by atoms with E-state index in [1.807, 2.05) is 30.3 Å². The molecular formula is C16H16FN. The summed E-state index contributed by atoms with van der Waals surface area (Å²) < 4.78 is 12.7. The molecule has 1 nitrogen and oxygen atoms in total. The van der Waals surface area contributed by atoms with Crippen molar-refractivity contribution in [3.63, 3.8) is 0 Å². The Labute approximate surface area is 107 Å². The summed E-state index contributed by atoms with van der Waals surface area (Å²) in [6.45, 7) is 5.49. The summed E-state index contributed by atoms with van der Waals surface area (Å²) in [5.74, 6) is -0.201. The third kappa shape index (κ3) is 3.54. The van der Waals surface area contributed by atoms with E-state index in [4.69, 9.17) is 0 Å². The largest absolute Gasteiger partial charge is 0.309 e. The van der Waals surface area contributed by atoms with Crippen molar-refractivity contribution in [1.29, 1.82) is 0 Å². The molecule has 0 atom stereocenters. The maximum atomic E-state index is 12.7. The molecule has 0 heterocycles. The second kappa shape index (κ2) is 6.12. The minimum Gasteiger partial charge on any atom is -0.309 e. The van der Waals surface area contributed by atoms with Crippen LogP contribution >= 0.6 is 0 Å². The molecule has 0 aliphatic heterocycles. The number of benzene rings is 2. The zero-order valence-electron chi connectivity index (χ0n) is 10.2. The van der Waals surface area contributed by atoms with Gasteiger partial charge >= 0.3 is 0 Å². The monoisotopic (exact) mass is 241 g/mol. The van der Waals surface area contributed by atoms with Crippen molar-refractivity contribution in [2.24, 2.45) is 0 Å². The first-order valence-corrected chi connectivity index (χ1v) is 5.94. The molecule has 2 heteroatoms. The zero-order chi connectivity index (χ0) is 12.8. The van der Waals surface area contributed by atoms with Crippen LogP contribution in [0.15, 0.2) is 61.2 Å². The molecule has 0 bridgehead atoms. The van der Waals surface area contributed by atoms with Crippen LogP contribution in [0.1, 0.15) is 11.1 Å². The predicted molar refractivity (Wildman–Crippen MR) is 73.6 cm³/mol. The van der Waals surface area contributed by atoms with E-state index in [0.29, 0.717) is 6.54 Å². The summed E-state index contributed by atoms with van der Waals surface area (Å²) in [7, 11) is 0. The highest BCUT2D eigenvalue weighted by molar-refractivity contribution is 5.64. The fourth-order valence-corrected chi connectivity index (χ4v) is 1.74. The van der Waals surface area contributed by atoms with Crippen LogP contribution in [0.3, 0.4) is 0 Å². The Kier molecular flexibility index (Phi) is 4.26. The summed E-state index contributed by atoms with van der Waals surface area (Å²) in [6, 6.07) is 16.6. The zero-order valence-corrected chi connectivity index (χ0v) is 10.2. The Balaban J connectivity index is 1.82. The van der Waals surface area contributed by atoms with Gasteiger partial charge < -0.3 is 5.32 Å². The van der Waals surface area contributed by atoms with E-state index in [1.54, 1.807) is 12.1 Å². The number of hydrogen-bond donors (Lipinski definition) is 1. The lowest BCUT2D eigenvalue weighted by Gasteiger charge is -2.08. The van der Waals surface area contributed by atoms with Gasteiger partial charge in [-0.1, -0.05) is 49.0 Å². The summed E-state index contributed by atoms with van der Waals surface area (Å²) in [4.78, 5) is 0. The Hall–Kier alpha value is -1.93. The van der Waals surface area contributed by atoms with Gasteiger partial charge in [-0.2, -0.15) is 0 Å². The summed E-state index contributed by atoms with van der Waals surface area (Å²) >= 11 is 0. The molecule has 0 saturated carbocycles. The highest BCUT2D eigenvalue weighted by Crippen LogP contribution is 2.10. The molecule has 2 rings (SSSR count). The molecule has 2 aromatic carbocycles. The van der Waals surface area contributed by atoms with Crippen LogP contribution < -0.4 is 5.32 Å². The van der Waals surface area contributed by atoms with Crippen molar-refractivity contribution in [3.05, 3.63) is 78.1 Å². The smallest absolute Gasteiger partial charge is 0.123 e. The van der Waals surface area contributed by atoms with Crippen LogP contribution in [0, 0.1) is 5.82 Å². The van der Waals surface area contributed by atoms with Crippen molar-refractivity contribution < 1.29 is 4.39 Å². The summed E-state index contributed by atoms with van der Waals surface area (Å²) in [5, 5.41) is 3.30. The van der Waals surface area contributed by atoms with Crippen molar-refractivity contribution in [2.75, 3.05) is 6.54 Å². The lowest BCUT2D eigenvalue weighted by atomic mass is 10.1. The highest BCUT2D eigenvalue weighted by Gasteiger charge is 1.98. The van der Waals surface area contributed by atoms with E-state index in [2.05, 4.69) is 11.9 Å². The minimum atomic E-state index is -0.201. The molecule has 92 valence electrons. The van der Waals surface area contributed by atoms with E-state index < -0.39 is 0 Å². The van der Waals surface area contributed by atoms with Gasteiger partial charge in [-0.15, -0.1) is 0 Å². The third-order valence-electron chi connectivity index (χ3n) is 2.76. The van der Waals surface area contributed by atoms with Crippen LogP contribution in [0.25, 0.3) is 5.57 Å². The Bertz CT molecular complexity index is 502. The molecule has 0 spiro atoms. The maximum Gasteiger partial charge on any atom is 0.123 e.